The third kappa shape index (κ3) is 24.4. The number of ether oxygens (including phenoxy) is 6. The minimum absolute atomic E-state index is 0. The molecule has 12 N–H and O–H groups in total. The number of pyridine rings is 7. The number of hydrogen-bond acceptors (Lipinski definition) is 30. The van der Waals surface area contributed by atoms with E-state index in [1.807, 2.05) is 26.0 Å². The first-order valence-corrected chi connectivity index (χ1v) is 37.8. The molecule has 0 atom stereocenters. The molecule has 0 spiro atoms. The fourth-order valence-corrected chi connectivity index (χ4v) is 13.1. The van der Waals surface area contributed by atoms with E-state index in [1.54, 1.807) is 114 Å². The molecule has 0 aliphatic carbocycles. The zero-order chi connectivity index (χ0) is 90.6. The molecule has 13 rings (SSSR count). The summed E-state index contributed by atoms with van der Waals surface area (Å²) < 4.78 is 35.9. The van der Waals surface area contributed by atoms with Gasteiger partial charge in [0.2, 0.25) is 34.1 Å². The van der Waals surface area contributed by atoms with Crippen LogP contribution in [-0.2, 0) is 51.2 Å². The summed E-state index contributed by atoms with van der Waals surface area (Å²) in [6.07, 6.45) is 6.85. The van der Waals surface area contributed by atoms with Gasteiger partial charge < -0.3 is 79.8 Å². The Kier molecular flexibility index (Phi) is 38.1. The van der Waals surface area contributed by atoms with E-state index in [2.05, 4.69) is 78.9 Å². The number of aromatic nitrogens is 13. The molecule has 35 nitrogen and oxygen atoms in total. The molecule has 0 aliphatic heterocycles. The number of aliphatic hydroxyl groups is 1. The first kappa shape index (κ1) is 102. The molecule has 0 aliphatic rings. The molecule has 656 valence electrons. The molecule has 0 saturated heterocycles. The van der Waals surface area contributed by atoms with Gasteiger partial charge in [-0.2, -0.15) is 15.0 Å². The van der Waals surface area contributed by atoms with Gasteiger partial charge in [0.05, 0.1) is 111 Å². The second-order valence-electron chi connectivity index (χ2n) is 24.7. The van der Waals surface area contributed by atoms with Crippen LogP contribution in [0.5, 0.6) is 34.5 Å². The third-order valence-corrected chi connectivity index (χ3v) is 19.4. The van der Waals surface area contributed by atoms with Crippen molar-refractivity contribution in [2.24, 2.45) is 21.1 Å². The Morgan fingerprint density at radius 3 is 1.10 bits per heavy atom. The summed E-state index contributed by atoms with van der Waals surface area (Å²) in [5.41, 5.74) is 28.2. The van der Waals surface area contributed by atoms with Crippen LogP contribution in [0.1, 0.15) is 22.8 Å². The number of benzene rings is 3. The van der Waals surface area contributed by atoms with E-state index in [4.69, 9.17) is 149 Å². The molecule has 0 unspecified atom stereocenters. The number of aliphatic hydroxyl groups excluding tert-OH is 1. The summed E-state index contributed by atoms with van der Waals surface area (Å²) in [5.74, 6) is 2.98. The van der Waals surface area contributed by atoms with E-state index >= 15 is 0 Å². The van der Waals surface area contributed by atoms with Crippen molar-refractivity contribution < 1.29 is 68.5 Å². The summed E-state index contributed by atoms with van der Waals surface area (Å²) in [6.45, 7) is 13.8. The molecule has 13 aromatic rings. The van der Waals surface area contributed by atoms with Crippen LogP contribution >= 0.6 is 92.8 Å². The van der Waals surface area contributed by atoms with Crippen molar-refractivity contribution in [3.63, 3.8) is 0 Å². The van der Waals surface area contributed by atoms with Gasteiger partial charge in [-0.1, -0.05) is 82.8 Å². The number of allylic oxidation sites excluding steroid dienone is 1. The number of nitrogens with one attached hydrogen (secondary N) is 3. The van der Waals surface area contributed by atoms with Crippen LogP contribution in [0.2, 0.25) is 35.4 Å². The number of halogens is 8. The van der Waals surface area contributed by atoms with E-state index < -0.39 is 21.6 Å². The first-order chi connectivity index (χ1) is 57.9. The third-order valence-electron chi connectivity index (χ3n) is 16.9. The Labute approximate surface area is 762 Å². The maximum absolute atomic E-state index is 13.4. The second-order valence-corrected chi connectivity index (χ2v) is 27.7. The summed E-state index contributed by atoms with van der Waals surface area (Å²) in [7, 11) is 14.5. The van der Waals surface area contributed by atoms with Gasteiger partial charge in [0.1, 0.15) is 63.1 Å². The largest absolute Gasteiger partial charge is 0.495 e. The molecule has 10 aromatic heterocycles. The van der Waals surface area contributed by atoms with Crippen molar-refractivity contribution in [3.8, 4) is 67.9 Å². The Morgan fingerprint density at radius 2 is 0.782 bits per heavy atom. The molecule has 0 saturated carbocycles. The standard InChI is InChI=1S/C25H22Cl2N6O4.C22H20Cl2N6O3.C16H12Cl3N3O3.C6H7N3O2.C6H9N3.C3H3ClO.CH4O.CH3.Pd/c1-6-18(34)31-22-15(8-7-12(2)29-22)30-25-28-11-13-9-14(24(35)33(3)23(13)32-25)19-20(26)16(36-4)10-17(37-5)21(19)27;1-10-5-6-13(19(25)27-10)28-22-26-9-11-7-12(21(31)30(2)20(11)29-22)16-17(23)14(32-3)8-15(33-4)18(16)24;1-22-14-7(6-20-16(19)21-14)4-8(15(22)23)11-12(17)9(24-2)5-10(25-3)13(11)18;1-4-2-3-5(9(10)11)6(7)8-4;1-4-2-3-5(7)6(8)9-4;1-2-3(4)5;1-2;;/h6-11H,1H2,2-5H3,(H,28,30,32)(H,29,31,34);5-9H,1-4H3,(H2,25,27)(H,26,28,29);4-6H,1-3H3;2-3H,1H3,(H2,7,8);2-3H,7H2,1H3,(H2,8,9);2H,1H2;2H,1H3;1H3;/q;;;;;;;-1;. The van der Waals surface area contributed by atoms with E-state index in [-0.39, 0.29) is 126 Å². The number of fused-ring (bicyclic) bond motifs is 3. The SMILES string of the molecule is C=CC(=O)Cl.C=CC(=O)Nc1nc(C)ccc1Nc1ncc2cc(-c3c(Cl)c(OC)cc(OC)c3Cl)c(=O)n(C)c2n1.CO.COc1cc(OC)c(Cl)c(-c2cc3cnc(Cl)nc3n(C)c2=O)c1Cl.COc1cc(OC)c(Cl)c(-c2cc3cnc(Nc4ccc(C)nc4N)nc3n(C)c2=O)c1Cl.Cc1ccc(N)c(N)n1.Cc1ccc([N+](=O)[O-])c(N)n1.[CH3-].[Pd]. The number of nitrogens with zero attached hydrogens (tertiary/aromatic N) is 14. The van der Waals surface area contributed by atoms with Crippen LogP contribution in [0.25, 0.3) is 66.5 Å². The van der Waals surface area contributed by atoms with Crippen molar-refractivity contribution in [2.75, 3.05) is 88.7 Å². The molecular formula is C80H80Cl8N21O14Pd-. The fraction of sp³-hybridized carbons (Fsp3) is 0.175. The number of methoxy groups -OCH3 is 6. The predicted molar refractivity (Wildman–Crippen MR) is 486 cm³/mol. The van der Waals surface area contributed by atoms with Gasteiger partial charge in [-0.3, -0.25) is 47.8 Å². The van der Waals surface area contributed by atoms with Gasteiger partial charge in [-0.25, -0.2) is 34.9 Å². The monoisotopic (exact) mass is 1940 g/mol. The topological polar surface area (TPSA) is 488 Å². The summed E-state index contributed by atoms with van der Waals surface area (Å²) >= 11 is 49.5. The van der Waals surface area contributed by atoms with Crippen molar-refractivity contribution in [1.29, 1.82) is 0 Å². The molecule has 1 amide bonds. The molecule has 10 heterocycles. The van der Waals surface area contributed by atoms with Crippen molar-refractivity contribution in [1.82, 2.24) is 63.5 Å². The summed E-state index contributed by atoms with van der Waals surface area (Å²) in [4.78, 5) is 112. The number of amides is 1. The quantitative estimate of drug-likeness (QED) is 0.00798. The second kappa shape index (κ2) is 46.3. The first-order valence-electron chi connectivity index (χ1n) is 34.8. The Bertz CT molecular complexity index is 6310. The van der Waals surface area contributed by atoms with Crippen LogP contribution in [-0.4, -0.2) is 134 Å². The Balaban J connectivity index is 0.000000287. The van der Waals surface area contributed by atoms with Gasteiger partial charge in [-0.15, -0.1) is 0 Å². The number of nitro groups is 1. The number of carbonyl (C=O) groups is 2. The molecule has 124 heavy (non-hydrogen) atoms. The molecule has 3 aromatic carbocycles. The number of hydrogen-bond donors (Lipinski definition) is 8. The zero-order valence-corrected chi connectivity index (χ0v) is 76.2. The van der Waals surface area contributed by atoms with E-state index in [0.29, 0.717) is 119 Å². The molecular weight excluding hydrogens is 1870 g/mol. The predicted octanol–water partition coefficient (Wildman–Crippen LogP) is 15.6. The molecule has 44 heteroatoms. The van der Waals surface area contributed by atoms with Gasteiger partial charge in [0, 0.05) is 147 Å². The number of nitrogens with two attached hydrogens (primary N) is 4. The fourth-order valence-electron chi connectivity index (χ4n) is 10.9. The zero-order valence-electron chi connectivity index (χ0n) is 68.5. The van der Waals surface area contributed by atoms with Crippen LogP contribution < -0.4 is 84.0 Å². The van der Waals surface area contributed by atoms with Crippen LogP contribution in [0.15, 0.2) is 143 Å². The Hall–Kier alpha value is -12.3. The minimum atomic E-state index is -0.554. The number of aryl methyl sites for hydroxylation is 7. The Morgan fingerprint density at radius 1 is 0.468 bits per heavy atom. The van der Waals surface area contributed by atoms with Crippen LogP contribution in [0.3, 0.4) is 0 Å². The summed E-state index contributed by atoms with van der Waals surface area (Å²) in [5, 5.41) is 28.4. The van der Waals surface area contributed by atoms with Crippen LogP contribution in [0.4, 0.5) is 57.9 Å². The average Bonchev–Trinajstić information content (AvgIpc) is 0.764. The number of rotatable bonds is 17. The molecule has 0 bridgehead atoms. The van der Waals surface area contributed by atoms with Crippen molar-refractivity contribution in [3.05, 3.63) is 236 Å². The van der Waals surface area contributed by atoms with Gasteiger partial charge in [0.25, 0.3) is 16.7 Å². The normalized spacial score (nSPS) is 10.2. The van der Waals surface area contributed by atoms with Crippen molar-refractivity contribution >= 4 is 195 Å². The van der Waals surface area contributed by atoms with Crippen molar-refractivity contribution in [2.45, 2.75) is 27.7 Å². The number of anilines is 9. The number of carbonyl (C=O) groups excluding carboxylic acids is 2. The van der Waals surface area contributed by atoms with Gasteiger partial charge in [0.15, 0.2) is 5.82 Å². The maximum atomic E-state index is 13.4. The van der Waals surface area contributed by atoms with E-state index in [1.165, 1.54) is 68.6 Å². The molecule has 0 fully saturated rings. The van der Waals surface area contributed by atoms with Gasteiger partial charge in [-0.05, 0) is 124 Å². The van der Waals surface area contributed by atoms with Crippen LogP contribution in [0, 0.1) is 45.2 Å². The number of nitrogen functional groups attached to an aromatic ring is 4. The summed E-state index contributed by atoms with van der Waals surface area (Å²) in [6, 6.07) is 23.1. The van der Waals surface area contributed by atoms with E-state index in [0.717, 1.165) is 30.6 Å². The molecule has 0 radical (unpaired) electrons. The van der Waals surface area contributed by atoms with E-state index in [9.17, 15) is 34.1 Å². The average molecular weight is 1950 g/mol. The maximum Gasteiger partial charge on any atom is 0.311 e. The minimum Gasteiger partial charge on any atom is -0.495 e. The smallest absolute Gasteiger partial charge is 0.311 e. The van der Waals surface area contributed by atoms with Gasteiger partial charge >= 0.3 is 5.69 Å².